The molecule has 0 saturated carbocycles. The maximum absolute atomic E-state index is 13.9. The number of anilines is 3. The Morgan fingerprint density at radius 2 is 1.75 bits per heavy atom. The number of fused-ring (bicyclic) bond motifs is 1. The summed E-state index contributed by atoms with van der Waals surface area (Å²) >= 11 is 0. The first-order valence-corrected chi connectivity index (χ1v) is 14.8. The van der Waals surface area contributed by atoms with Gasteiger partial charge in [-0.2, -0.15) is 13.2 Å². The zero-order chi connectivity index (χ0) is 31.9. The largest absolute Gasteiger partial charge is 0.444 e. The Bertz CT molecular complexity index is 1540. The predicted octanol–water partition coefficient (Wildman–Crippen LogP) is 7.37. The lowest BCUT2D eigenvalue weighted by molar-refractivity contribution is -0.138. The molecule has 11 heteroatoms. The number of nitrogens with zero attached hydrogens (tertiary/aromatic N) is 3. The smallest absolute Gasteiger partial charge is 0.419 e. The van der Waals surface area contributed by atoms with Gasteiger partial charge in [0, 0.05) is 30.7 Å². The van der Waals surface area contributed by atoms with Gasteiger partial charge in [0.05, 0.1) is 16.7 Å². The number of hydrogen-bond acceptors (Lipinski definition) is 6. The van der Waals surface area contributed by atoms with E-state index in [4.69, 9.17) is 4.74 Å². The highest BCUT2D eigenvalue weighted by Crippen LogP contribution is 2.40. The van der Waals surface area contributed by atoms with Crippen LogP contribution in [-0.4, -0.2) is 45.6 Å². The number of likely N-dealkylation sites (tertiary alicyclic amines) is 1. The van der Waals surface area contributed by atoms with E-state index in [0.717, 1.165) is 35.7 Å². The highest BCUT2D eigenvalue weighted by atomic mass is 19.4. The zero-order valence-corrected chi connectivity index (χ0v) is 25.6. The van der Waals surface area contributed by atoms with Crippen LogP contribution in [0.5, 0.6) is 0 Å². The van der Waals surface area contributed by atoms with Crippen molar-refractivity contribution in [3.63, 3.8) is 0 Å². The predicted molar refractivity (Wildman–Crippen MR) is 162 cm³/mol. The molecular weight excluding hydrogens is 571 g/mol. The third kappa shape index (κ3) is 6.81. The van der Waals surface area contributed by atoms with Crippen molar-refractivity contribution >= 4 is 29.3 Å². The molecule has 3 heterocycles. The van der Waals surface area contributed by atoms with Gasteiger partial charge >= 0.3 is 12.3 Å². The number of aryl methyl sites for hydroxylation is 2. The quantitative estimate of drug-likeness (QED) is 0.303. The van der Waals surface area contributed by atoms with Crippen molar-refractivity contribution in [2.24, 2.45) is 0 Å². The third-order valence-electron chi connectivity index (χ3n) is 8.18. The van der Waals surface area contributed by atoms with Gasteiger partial charge in [0.25, 0.3) is 0 Å². The first-order chi connectivity index (χ1) is 20.6. The van der Waals surface area contributed by atoms with Crippen LogP contribution in [0.4, 0.5) is 35.3 Å². The minimum absolute atomic E-state index is 0.0215. The number of amides is 2. The number of aromatic nitrogens is 2. The SMILES string of the molecule is CC(C)(C)OC(=O)N1CCC(c2ccc(Nc3ncc(C(F)(F)F)c(CCc4cccc5c4C(C)(C)C(=O)N5)n3)cc2)CC1. The van der Waals surface area contributed by atoms with Gasteiger partial charge in [-0.05, 0) is 101 Å². The molecule has 2 aliphatic rings. The summed E-state index contributed by atoms with van der Waals surface area (Å²) in [6, 6.07) is 13.1. The van der Waals surface area contributed by atoms with Gasteiger partial charge in [-0.25, -0.2) is 14.8 Å². The summed E-state index contributed by atoms with van der Waals surface area (Å²) in [4.78, 5) is 34.8. The molecule has 1 aromatic heterocycles. The maximum atomic E-state index is 13.9. The Kier molecular flexibility index (Phi) is 8.35. The van der Waals surface area contributed by atoms with Crippen LogP contribution < -0.4 is 10.6 Å². The molecule has 2 aliphatic heterocycles. The molecule has 2 N–H and O–H groups in total. The number of benzene rings is 2. The summed E-state index contributed by atoms with van der Waals surface area (Å²) in [5.41, 5.74) is 1.77. The zero-order valence-electron chi connectivity index (χ0n) is 25.6. The summed E-state index contributed by atoms with van der Waals surface area (Å²) in [6.45, 7) is 10.4. The number of carbonyl (C=O) groups excluding carboxylic acids is 2. The van der Waals surface area contributed by atoms with E-state index in [1.54, 1.807) is 17.0 Å². The van der Waals surface area contributed by atoms with Gasteiger partial charge in [-0.15, -0.1) is 0 Å². The average Bonchev–Trinajstić information content (AvgIpc) is 3.19. The second-order valence-corrected chi connectivity index (χ2v) is 13.0. The highest BCUT2D eigenvalue weighted by Gasteiger charge is 2.40. The van der Waals surface area contributed by atoms with Crippen molar-refractivity contribution in [2.75, 3.05) is 23.7 Å². The molecule has 8 nitrogen and oxygen atoms in total. The van der Waals surface area contributed by atoms with Crippen LogP contribution >= 0.6 is 0 Å². The lowest BCUT2D eigenvalue weighted by Gasteiger charge is -2.33. The van der Waals surface area contributed by atoms with E-state index in [1.165, 1.54) is 0 Å². The average molecular weight is 610 g/mol. The van der Waals surface area contributed by atoms with Crippen LogP contribution in [0.1, 0.15) is 81.3 Å². The molecule has 2 aromatic carbocycles. The number of alkyl halides is 3. The van der Waals surface area contributed by atoms with Crippen LogP contribution in [0, 0.1) is 0 Å². The molecular formula is C33H38F3N5O3. The minimum Gasteiger partial charge on any atom is -0.444 e. The van der Waals surface area contributed by atoms with Crippen molar-refractivity contribution in [3.8, 4) is 0 Å². The fourth-order valence-electron chi connectivity index (χ4n) is 5.89. The molecule has 0 bridgehead atoms. The fraction of sp³-hybridized carbons (Fsp3) is 0.455. The molecule has 44 heavy (non-hydrogen) atoms. The monoisotopic (exact) mass is 609 g/mol. The summed E-state index contributed by atoms with van der Waals surface area (Å²) in [7, 11) is 0. The number of carbonyl (C=O) groups is 2. The van der Waals surface area contributed by atoms with Crippen molar-refractivity contribution in [2.45, 2.75) is 83.4 Å². The van der Waals surface area contributed by atoms with Crippen LogP contribution in [0.15, 0.2) is 48.7 Å². The van der Waals surface area contributed by atoms with Crippen LogP contribution in [0.25, 0.3) is 0 Å². The molecule has 0 aliphatic carbocycles. The molecule has 2 amide bonds. The van der Waals surface area contributed by atoms with E-state index in [1.807, 2.05) is 65.0 Å². The summed E-state index contributed by atoms with van der Waals surface area (Å²) in [6.07, 6.45) is -2.16. The first-order valence-electron chi connectivity index (χ1n) is 14.8. The van der Waals surface area contributed by atoms with Crippen LogP contribution in [0.3, 0.4) is 0 Å². The molecule has 0 spiro atoms. The standard InChI is InChI=1S/C33H38F3N5O3/c1-31(2,3)44-30(43)41-17-15-21(16-18-41)20-9-12-23(13-10-20)38-29-37-19-24(33(34,35)36)25(40-29)14-11-22-7-6-8-26-27(22)32(4,5)28(42)39-26/h6-10,12-13,19,21H,11,14-18H2,1-5H3,(H,39,42)(H,37,38,40). The maximum Gasteiger partial charge on any atom is 0.419 e. The second-order valence-electron chi connectivity index (χ2n) is 13.0. The highest BCUT2D eigenvalue weighted by molar-refractivity contribution is 6.06. The van der Waals surface area contributed by atoms with Crippen LogP contribution in [-0.2, 0) is 34.0 Å². The molecule has 0 unspecified atom stereocenters. The van der Waals surface area contributed by atoms with Gasteiger partial charge < -0.3 is 20.3 Å². The number of rotatable bonds is 6. The van der Waals surface area contributed by atoms with Gasteiger partial charge in [-0.1, -0.05) is 24.3 Å². The Hall–Kier alpha value is -4.15. The lowest BCUT2D eigenvalue weighted by atomic mass is 9.82. The Morgan fingerprint density at radius 1 is 1.07 bits per heavy atom. The lowest BCUT2D eigenvalue weighted by Crippen LogP contribution is -2.41. The second kappa shape index (κ2) is 11.7. The van der Waals surface area contributed by atoms with E-state index in [9.17, 15) is 22.8 Å². The van der Waals surface area contributed by atoms with E-state index >= 15 is 0 Å². The fourth-order valence-corrected chi connectivity index (χ4v) is 5.89. The van der Waals surface area contributed by atoms with E-state index < -0.39 is 22.8 Å². The third-order valence-corrected chi connectivity index (χ3v) is 8.18. The molecule has 3 aromatic rings. The summed E-state index contributed by atoms with van der Waals surface area (Å²) in [5.74, 6) is 0.218. The van der Waals surface area contributed by atoms with Crippen LogP contribution in [0.2, 0.25) is 0 Å². The Morgan fingerprint density at radius 3 is 2.39 bits per heavy atom. The summed E-state index contributed by atoms with van der Waals surface area (Å²) in [5, 5.41) is 5.90. The number of halogens is 3. The molecule has 0 atom stereocenters. The summed E-state index contributed by atoms with van der Waals surface area (Å²) < 4.78 is 47.2. The molecule has 234 valence electrons. The molecule has 5 rings (SSSR count). The topological polar surface area (TPSA) is 96.5 Å². The van der Waals surface area contributed by atoms with Crippen molar-refractivity contribution in [3.05, 3.63) is 76.6 Å². The van der Waals surface area contributed by atoms with Crippen molar-refractivity contribution in [1.82, 2.24) is 14.9 Å². The number of piperidine rings is 1. The first kappa shape index (κ1) is 31.3. The van der Waals surface area contributed by atoms with Gasteiger partial charge in [0.2, 0.25) is 11.9 Å². The Labute approximate surface area is 255 Å². The Balaban J connectivity index is 1.26. The van der Waals surface area contributed by atoms with Crippen molar-refractivity contribution < 1.29 is 27.5 Å². The van der Waals surface area contributed by atoms with Crippen molar-refractivity contribution in [1.29, 1.82) is 0 Å². The van der Waals surface area contributed by atoms with E-state index in [-0.39, 0.29) is 42.4 Å². The van der Waals surface area contributed by atoms with Gasteiger partial charge in [0.15, 0.2) is 0 Å². The number of nitrogens with one attached hydrogen (secondary N) is 2. The normalized spacial score (nSPS) is 16.8. The number of hydrogen-bond donors (Lipinski definition) is 2. The minimum atomic E-state index is -4.61. The number of ether oxygens (including phenoxy) is 1. The van der Waals surface area contributed by atoms with E-state index in [2.05, 4.69) is 20.6 Å². The van der Waals surface area contributed by atoms with Gasteiger partial charge in [0.1, 0.15) is 5.60 Å². The van der Waals surface area contributed by atoms with E-state index in [0.29, 0.717) is 24.5 Å². The van der Waals surface area contributed by atoms with Gasteiger partial charge in [-0.3, -0.25) is 4.79 Å². The molecule has 0 radical (unpaired) electrons. The molecule has 1 saturated heterocycles. The molecule has 1 fully saturated rings.